The lowest BCUT2D eigenvalue weighted by atomic mass is 10.1. The summed E-state index contributed by atoms with van der Waals surface area (Å²) in [6.07, 6.45) is 0. The molecule has 0 spiro atoms. The average Bonchev–Trinajstić information content (AvgIpc) is 2.82. The molecular formula is C23H21Br2N3O5S. The van der Waals surface area contributed by atoms with Crippen molar-refractivity contribution in [3.8, 4) is 11.5 Å². The van der Waals surface area contributed by atoms with Crippen LogP contribution in [-0.2, 0) is 9.53 Å². The highest BCUT2D eigenvalue weighted by Gasteiger charge is 2.14. The molecule has 0 heterocycles. The Morgan fingerprint density at radius 1 is 0.941 bits per heavy atom. The first-order valence-corrected chi connectivity index (χ1v) is 12.0. The lowest BCUT2D eigenvalue weighted by Gasteiger charge is -2.14. The number of para-hydroxylation sites is 1. The van der Waals surface area contributed by atoms with Gasteiger partial charge < -0.3 is 14.2 Å². The third kappa shape index (κ3) is 7.13. The number of hydrogen-bond donors (Lipinski definition) is 3. The van der Waals surface area contributed by atoms with Crippen LogP contribution in [0.25, 0.3) is 10.8 Å². The average molecular weight is 611 g/mol. The summed E-state index contributed by atoms with van der Waals surface area (Å²) in [7, 11) is 1.56. The fourth-order valence-corrected chi connectivity index (χ4v) is 4.01. The molecule has 3 N–H and O–H groups in total. The highest BCUT2D eigenvalue weighted by molar-refractivity contribution is 9.11. The maximum absolute atomic E-state index is 12.5. The second kappa shape index (κ2) is 12.7. The number of hydrogen-bond acceptors (Lipinski definition) is 6. The maximum Gasteiger partial charge on any atom is 0.276 e. The van der Waals surface area contributed by atoms with Gasteiger partial charge in [0.1, 0.15) is 18.1 Å². The number of carbonyl (C=O) groups is 2. The smallest absolute Gasteiger partial charge is 0.276 e. The van der Waals surface area contributed by atoms with Gasteiger partial charge in [0.15, 0.2) is 11.7 Å². The highest BCUT2D eigenvalue weighted by atomic mass is 79.9. The summed E-state index contributed by atoms with van der Waals surface area (Å²) in [5.74, 6) is -0.0537. The first kappa shape index (κ1) is 25.9. The number of benzene rings is 3. The van der Waals surface area contributed by atoms with E-state index in [1.807, 2.05) is 24.3 Å². The number of ether oxygens (including phenoxy) is 3. The van der Waals surface area contributed by atoms with Crippen LogP contribution in [0.5, 0.6) is 11.5 Å². The van der Waals surface area contributed by atoms with Crippen LogP contribution in [0.2, 0.25) is 0 Å². The normalized spacial score (nSPS) is 10.4. The molecule has 8 nitrogen and oxygen atoms in total. The van der Waals surface area contributed by atoms with Crippen molar-refractivity contribution in [3.05, 3.63) is 69.1 Å². The van der Waals surface area contributed by atoms with E-state index in [4.69, 9.17) is 26.4 Å². The minimum absolute atomic E-state index is 0.0810. The van der Waals surface area contributed by atoms with E-state index in [1.165, 1.54) is 0 Å². The van der Waals surface area contributed by atoms with Crippen molar-refractivity contribution in [3.63, 3.8) is 0 Å². The van der Waals surface area contributed by atoms with Gasteiger partial charge in [-0.1, -0.05) is 40.2 Å². The third-order valence-electron chi connectivity index (χ3n) is 4.46. The van der Waals surface area contributed by atoms with E-state index < -0.39 is 11.8 Å². The Balaban J connectivity index is 1.49. The monoisotopic (exact) mass is 609 g/mol. The van der Waals surface area contributed by atoms with Crippen LogP contribution < -0.4 is 25.6 Å². The summed E-state index contributed by atoms with van der Waals surface area (Å²) in [6, 6.07) is 16.3. The summed E-state index contributed by atoms with van der Waals surface area (Å²) < 4.78 is 17.8. The zero-order valence-electron chi connectivity index (χ0n) is 18.0. The van der Waals surface area contributed by atoms with Crippen molar-refractivity contribution >= 4 is 71.8 Å². The molecule has 3 aromatic rings. The summed E-state index contributed by atoms with van der Waals surface area (Å²) in [4.78, 5) is 24.7. The number of methoxy groups -OCH3 is 1. The number of rotatable bonds is 8. The molecule has 0 aliphatic carbocycles. The first-order valence-electron chi connectivity index (χ1n) is 10.0. The third-order valence-corrected chi connectivity index (χ3v) is 5.97. The molecule has 0 saturated carbocycles. The molecule has 2 amide bonds. The van der Waals surface area contributed by atoms with E-state index in [0.717, 1.165) is 19.7 Å². The van der Waals surface area contributed by atoms with Crippen LogP contribution in [0.15, 0.2) is 63.5 Å². The van der Waals surface area contributed by atoms with E-state index in [1.54, 1.807) is 37.4 Å². The van der Waals surface area contributed by atoms with Gasteiger partial charge in [-0.05, 0) is 69.3 Å². The van der Waals surface area contributed by atoms with E-state index in [2.05, 4.69) is 48.0 Å². The van der Waals surface area contributed by atoms with Gasteiger partial charge in [-0.15, -0.1) is 0 Å². The van der Waals surface area contributed by atoms with Crippen molar-refractivity contribution in [2.24, 2.45) is 0 Å². The number of amides is 2. The standard InChI is InChI=1S/C23H21Br2N3O5S/c1-31-10-11-32-18-5-3-2-4-17(18)22(30)26-23(34)28-27-20(29)13-33-19-9-6-14-12-15(24)7-8-16(14)21(19)25/h2-9,12H,10-11,13H2,1H3,(H,27,29)(H2,26,28,30,34). The molecule has 3 rings (SSSR count). The van der Waals surface area contributed by atoms with Crippen LogP contribution >= 0.6 is 44.1 Å². The van der Waals surface area contributed by atoms with Crippen molar-refractivity contribution in [2.45, 2.75) is 0 Å². The molecule has 0 atom stereocenters. The summed E-state index contributed by atoms with van der Waals surface area (Å²) in [6.45, 7) is 0.419. The number of hydrazine groups is 1. The van der Waals surface area contributed by atoms with Crippen LogP contribution in [0.4, 0.5) is 0 Å². The Labute approximate surface area is 218 Å². The van der Waals surface area contributed by atoms with Gasteiger partial charge in [-0.25, -0.2) is 0 Å². The van der Waals surface area contributed by atoms with Crippen molar-refractivity contribution in [1.82, 2.24) is 16.2 Å². The minimum atomic E-state index is -0.484. The number of fused-ring (bicyclic) bond motifs is 1. The highest BCUT2D eigenvalue weighted by Crippen LogP contribution is 2.34. The molecule has 0 fully saturated rings. The zero-order valence-corrected chi connectivity index (χ0v) is 22.0. The Bertz CT molecular complexity index is 1210. The van der Waals surface area contributed by atoms with Crippen molar-refractivity contribution in [2.75, 3.05) is 26.9 Å². The Morgan fingerprint density at radius 2 is 1.74 bits per heavy atom. The van der Waals surface area contributed by atoms with Gasteiger partial charge in [-0.3, -0.25) is 25.8 Å². The largest absolute Gasteiger partial charge is 0.490 e. The van der Waals surface area contributed by atoms with Crippen LogP contribution in [0.1, 0.15) is 10.4 Å². The lowest BCUT2D eigenvalue weighted by Crippen LogP contribution is -2.49. The molecule has 34 heavy (non-hydrogen) atoms. The molecule has 0 saturated heterocycles. The fraction of sp³-hybridized carbons (Fsp3) is 0.174. The van der Waals surface area contributed by atoms with Crippen LogP contribution in [0, 0.1) is 0 Å². The molecule has 0 aliphatic rings. The molecule has 0 aliphatic heterocycles. The molecule has 178 valence electrons. The molecule has 11 heteroatoms. The van der Waals surface area contributed by atoms with Crippen molar-refractivity contribution < 1.29 is 23.8 Å². The Hall–Kier alpha value is -2.73. The quantitative estimate of drug-likeness (QED) is 0.201. The molecule has 0 bridgehead atoms. The second-order valence-corrected chi connectivity index (χ2v) is 8.94. The maximum atomic E-state index is 12.5. The van der Waals surface area contributed by atoms with E-state index in [-0.39, 0.29) is 11.7 Å². The van der Waals surface area contributed by atoms with Gasteiger partial charge in [0.25, 0.3) is 11.8 Å². The van der Waals surface area contributed by atoms with Crippen LogP contribution in [-0.4, -0.2) is 43.9 Å². The second-order valence-electron chi connectivity index (χ2n) is 6.83. The summed E-state index contributed by atoms with van der Waals surface area (Å²) in [5, 5.41) is 4.39. The van der Waals surface area contributed by atoms with E-state index in [0.29, 0.717) is 30.3 Å². The molecule has 0 unspecified atom stereocenters. The number of thiocarbonyl (C=S) groups is 1. The van der Waals surface area contributed by atoms with Crippen molar-refractivity contribution in [1.29, 1.82) is 0 Å². The van der Waals surface area contributed by atoms with Gasteiger partial charge in [0.2, 0.25) is 0 Å². The van der Waals surface area contributed by atoms with Gasteiger partial charge in [0.05, 0.1) is 16.6 Å². The number of nitrogens with one attached hydrogen (secondary N) is 3. The van der Waals surface area contributed by atoms with Crippen LogP contribution in [0.3, 0.4) is 0 Å². The van der Waals surface area contributed by atoms with E-state index in [9.17, 15) is 9.59 Å². The molecule has 0 aromatic heterocycles. The lowest BCUT2D eigenvalue weighted by molar-refractivity contribution is -0.123. The summed E-state index contributed by atoms with van der Waals surface area (Å²) >= 11 is 12.1. The van der Waals surface area contributed by atoms with E-state index >= 15 is 0 Å². The number of halogens is 2. The Kier molecular flexibility index (Phi) is 9.63. The van der Waals surface area contributed by atoms with Gasteiger partial charge in [-0.2, -0.15) is 0 Å². The summed E-state index contributed by atoms with van der Waals surface area (Å²) in [5.41, 5.74) is 5.17. The molecular weight excluding hydrogens is 590 g/mol. The first-order chi connectivity index (χ1) is 16.4. The fourth-order valence-electron chi connectivity index (χ4n) is 2.88. The predicted octanol–water partition coefficient (Wildman–Crippen LogP) is 4.10. The topological polar surface area (TPSA) is 97.9 Å². The van der Waals surface area contributed by atoms with Gasteiger partial charge in [0, 0.05) is 11.6 Å². The zero-order chi connectivity index (χ0) is 24.5. The molecule has 3 aromatic carbocycles. The predicted molar refractivity (Wildman–Crippen MR) is 140 cm³/mol. The minimum Gasteiger partial charge on any atom is -0.490 e. The number of carbonyl (C=O) groups excluding carboxylic acids is 2. The Morgan fingerprint density at radius 3 is 2.53 bits per heavy atom. The van der Waals surface area contributed by atoms with Gasteiger partial charge >= 0.3 is 0 Å². The SMILES string of the molecule is COCCOc1ccccc1C(=O)NC(=S)NNC(=O)COc1ccc2cc(Br)ccc2c1Br. The molecule has 0 radical (unpaired) electrons.